The van der Waals surface area contributed by atoms with Crippen molar-refractivity contribution in [3.05, 3.63) is 65.1 Å². The highest BCUT2D eigenvalue weighted by atomic mass is 16.5. The van der Waals surface area contributed by atoms with Gasteiger partial charge in [0.1, 0.15) is 5.75 Å². The molecule has 1 aromatic carbocycles. The van der Waals surface area contributed by atoms with E-state index in [0.717, 1.165) is 12.2 Å². The molecule has 1 aromatic heterocycles. The molecule has 0 aliphatic rings. The number of benzene rings is 1. The fraction of sp³-hybridized carbons (Fsp3) is 0.214. The summed E-state index contributed by atoms with van der Waals surface area (Å²) in [6.45, 7) is 1.30. The molecule has 0 aliphatic carbocycles. The van der Waals surface area contributed by atoms with Gasteiger partial charge in [0.05, 0.1) is 6.61 Å². The summed E-state index contributed by atoms with van der Waals surface area (Å²) in [6, 6.07) is 14.9. The number of aromatic nitrogens is 1. The van der Waals surface area contributed by atoms with Crippen molar-refractivity contribution in [2.45, 2.75) is 13.0 Å². The van der Waals surface area contributed by atoms with Gasteiger partial charge in [-0.2, -0.15) is 0 Å². The highest BCUT2D eigenvalue weighted by molar-refractivity contribution is 5.20. The lowest BCUT2D eigenvalue weighted by molar-refractivity contribution is 0.301. The highest BCUT2D eigenvalue weighted by Crippen LogP contribution is 2.08. The lowest BCUT2D eigenvalue weighted by Crippen LogP contribution is -2.18. The zero-order valence-electron chi connectivity index (χ0n) is 9.58. The zero-order valence-corrected chi connectivity index (χ0v) is 9.58. The van der Waals surface area contributed by atoms with Crippen LogP contribution in [0.25, 0.3) is 0 Å². The Balaban J connectivity index is 1.78. The second kappa shape index (κ2) is 5.89. The third kappa shape index (κ3) is 3.48. The monoisotopic (exact) mass is 229 g/mol. The molecule has 0 saturated heterocycles. The second-order valence-corrected chi connectivity index (χ2v) is 3.75. The van der Waals surface area contributed by atoms with Crippen LogP contribution in [0.4, 0.5) is 0 Å². The molecular weight excluding hydrogens is 214 g/mol. The van der Waals surface area contributed by atoms with E-state index in [0.29, 0.717) is 13.2 Å². The molecule has 0 bridgehead atoms. The van der Waals surface area contributed by atoms with E-state index in [-0.39, 0.29) is 5.56 Å². The number of pyridine rings is 1. The van der Waals surface area contributed by atoms with Crippen molar-refractivity contribution < 1.29 is 4.74 Å². The van der Waals surface area contributed by atoms with Crippen molar-refractivity contribution in [3.63, 3.8) is 0 Å². The van der Waals surface area contributed by atoms with Crippen molar-refractivity contribution in [2.75, 3.05) is 6.61 Å². The van der Waals surface area contributed by atoms with Gasteiger partial charge < -0.3 is 9.30 Å². The minimum atomic E-state index is 0.0345. The van der Waals surface area contributed by atoms with Crippen LogP contribution in [0, 0.1) is 0 Å². The van der Waals surface area contributed by atoms with Gasteiger partial charge in [0.2, 0.25) is 5.56 Å². The average Bonchev–Trinajstić information content (AvgIpc) is 2.38. The predicted octanol–water partition coefficient (Wildman–Crippen LogP) is 2.32. The number of hydrogen-bond acceptors (Lipinski definition) is 2. The maximum Gasteiger partial charge on any atom is 0.250 e. The van der Waals surface area contributed by atoms with Crippen molar-refractivity contribution in [3.8, 4) is 5.75 Å². The van der Waals surface area contributed by atoms with E-state index >= 15 is 0 Å². The Kier molecular flexibility index (Phi) is 3.97. The van der Waals surface area contributed by atoms with Gasteiger partial charge in [-0.25, -0.2) is 0 Å². The van der Waals surface area contributed by atoms with Crippen LogP contribution in [0.3, 0.4) is 0 Å². The van der Waals surface area contributed by atoms with Gasteiger partial charge >= 0.3 is 0 Å². The molecule has 2 aromatic rings. The summed E-state index contributed by atoms with van der Waals surface area (Å²) in [4.78, 5) is 11.4. The fourth-order valence-electron chi connectivity index (χ4n) is 1.59. The van der Waals surface area contributed by atoms with Crippen LogP contribution in [0.1, 0.15) is 6.42 Å². The lowest BCUT2D eigenvalue weighted by Gasteiger charge is -2.07. The standard InChI is InChI=1S/C14H15NO2/c16-14-9-4-5-10-15(14)11-6-12-17-13-7-2-1-3-8-13/h1-5,7-10H,6,11-12H2. The molecule has 2 rings (SSSR count). The molecule has 1 heterocycles. The molecule has 0 spiro atoms. The highest BCUT2D eigenvalue weighted by Gasteiger charge is 1.95. The number of aryl methyl sites for hydroxylation is 1. The number of ether oxygens (including phenoxy) is 1. The Morgan fingerprint density at radius 2 is 1.76 bits per heavy atom. The van der Waals surface area contributed by atoms with Gasteiger partial charge in [-0.05, 0) is 24.6 Å². The van der Waals surface area contributed by atoms with E-state index in [1.807, 2.05) is 36.4 Å². The maximum atomic E-state index is 11.4. The Hall–Kier alpha value is -2.03. The van der Waals surface area contributed by atoms with Crippen LogP contribution in [-0.4, -0.2) is 11.2 Å². The summed E-state index contributed by atoms with van der Waals surface area (Å²) < 4.78 is 7.24. The van der Waals surface area contributed by atoms with E-state index < -0.39 is 0 Å². The van der Waals surface area contributed by atoms with Crippen molar-refractivity contribution >= 4 is 0 Å². The number of para-hydroxylation sites is 1. The second-order valence-electron chi connectivity index (χ2n) is 3.75. The van der Waals surface area contributed by atoms with E-state index in [1.165, 1.54) is 0 Å². The third-order valence-corrected chi connectivity index (χ3v) is 2.45. The Bertz CT molecular complexity index is 505. The number of rotatable bonds is 5. The average molecular weight is 229 g/mol. The molecule has 0 N–H and O–H groups in total. The molecule has 0 saturated carbocycles. The predicted molar refractivity (Wildman–Crippen MR) is 67.3 cm³/mol. The largest absolute Gasteiger partial charge is 0.494 e. The lowest BCUT2D eigenvalue weighted by atomic mass is 10.3. The quantitative estimate of drug-likeness (QED) is 0.737. The minimum Gasteiger partial charge on any atom is -0.494 e. The summed E-state index contributed by atoms with van der Waals surface area (Å²) in [5.74, 6) is 0.868. The topological polar surface area (TPSA) is 31.2 Å². The number of hydrogen-bond donors (Lipinski definition) is 0. The van der Waals surface area contributed by atoms with Crippen LogP contribution < -0.4 is 10.3 Å². The molecule has 0 unspecified atom stereocenters. The molecule has 0 aliphatic heterocycles. The molecule has 3 heteroatoms. The van der Waals surface area contributed by atoms with Gasteiger partial charge in [0, 0.05) is 18.8 Å². The van der Waals surface area contributed by atoms with E-state index in [2.05, 4.69) is 0 Å². The first-order chi connectivity index (χ1) is 8.36. The normalized spacial score (nSPS) is 10.1. The van der Waals surface area contributed by atoms with Gasteiger partial charge in [-0.3, -0.25) is 4.79 Å². The Morgan fingerprint density at radius 1 is 1.00 bits per heavy atom. The van der Waals surface area contributed by atoms with Crippen LogP contribution in [0.5, 0.6) is 5.75 Å². The van der Waals surface area contributed by atoms with Gasteiger partial charge in [-0.1, -0.05) is 24.3 Å². The first-order valence-electron chi connectivity index (χ1n) is 5.69. The Morgan fingerprint density at radius 3 is 2.53 bits per heavy atom. The van der Waals surface area contributed by atoms with E-state index in [9.17, 15) is 4.79 Å². The molecule has 0 amide bonds. The first kappa shape index (κ1) is 11.5. The molecular formula is C14H15NO2. The van der Waals surface area contributed by atoms with Gasteiger partial charge in [0.25, 0.3) is 0 Å². The van der Waals surface area contributed by atoms with Crippen LogP contribution in [0.15, 0.2) is 59.5 Å². The number of nitrogens with zero attached hydrogens (tertiary/aromatic N) is 1. The first-order valence-corrected chi connectivity index (χ1v) is 5.69. The van der Waals surface area contributed by atoms with E-state index in [4.69, 9.17) is 4.74 Å². The molecule has 0 atom stereocenters. The fourth-order valence-corrected chi connectivity index (χ4v) is 1.59. The summed E-state index contributed by atoms with van der Waals surface area (Å²) in [6.07, 6.45) is 2.61. The zero-order chi connectivity index (χ0) is 11.9. The minimum absolute atomic E-state index is 0.0345. The van der Waals surface area contributed by atoms with Crippen LogP contribution in [-0.2, 0) is 6.54 Å². The summed E-state index contributed by atoms with van der Waals surface area (Å²) in [5, 5.41) is 0. The van der Waals surface area contributed by atoms with Crippen LogP contribution >= 0.6 is 0 Å². The molecule has 3 nitrogen and oxygen atoms in total. The summed E-state index contributed by atoms with van der Waals surface area (Å²) in [7, 11) is 0. The van der Waals surface area contributed by atoms with Crippen molar-refractivity contribution in [1.29, 1.82) is 0 Å². The van der Waals surface area contributed by atoms with Crippen LogP contribution in [0.2, 0.25) is 0 Å². The summed E-state index contributed by atoms with van der Waals surface area (Å²) >= 11 is 0. The molecule has 0 fully saturated rings. The molecule has 17 heavy (non-hydrogen) atoms. The van der Waals surface area contributed by atoms with Crippen molar-refractivity contribution in [2.24, 2.45) is 0 Å². The third-order valence-electron chi connectivity index (χ3n) is 2.45. The smallest absolute Gasteiger partial charge is 0.250 e. The molecule has 88 valence electrons. The summed E-state index contributed by atoms with van der Waals surface area (Å²) in [5.41, 5.74) is 0.0345. The maximum absolute atomic E-state index is 11.4. The van der Waals surface area contributed by atoms with Crippen molar-refractivity contribution in [1.82, 2.24) is 4.57 Å². The van der Waals surface area contributed by atoms with E-state index in [1.54, 1.807) is 22.9 Å². The Labute approximate surface area is 100 Å². The van der Waals surface area contributed by atoms with Gasteiger partial charge in [0.15, 0.2) is 0 Å². The SMILES string of the molecule is O=c1ccccn1CCCOc1ccccc1. The van der Waals surface area contributed by atoms with Gasteiger partial charge in [-0.15, -0.1) is 0 Å². The molecule has 0 radical (unpaired) electrons.